The minimum absolute atomic E-state index is 0.535. The van der Waals surface area contributed by atoms with Crippen molar-refractivity contribution in [3.8, 4) is 11.8 Å². The molecule has 2 aromatic rings. The van der Waals surface area contributed by atoms with Crippen LogP contribution in [0.5, 0.6) is 0 Å². The number of anilines is 2. The first kappa shape index (κ1) is 18.9. The second kappa shape index (κ2) is 9.64. The molecular weight excluding hydrogens is 344 g/mol. The van der Waals surface area contributed by atoms with Gasteiger partial charge in [-0.1, -0.05) is 48.2 Å². The van der Waals surface area contributed by atoms with E-state index < -0.39 is 0 Å². The number of nitrogens with one attached hydrogen (secondary N) is 2. The number of hydrogen-bond acceptors (Lipinski definition) is 4. The zero-order valence-electron chi connectivity index (χ0n) is 16.5. The average Bonchev–Trinajstić information content (AvgIpc) is 3.36. The Balaban J connectivity index is 1.14. The third-order valence-corrected chi connectivity index (χ3v) is 5.56. The normalized spacial score (nSPS) is 22.6. The van der Waals surface area contributed by atoms with Crippen LogP contribution in [0, 0.1) is 11.8 Å². The predicted octanol–water partition coefficient (Wildman–Crippen LogP) is 3.36. The van der Waals surface area contributed by atoms with Gasteiger partial charge in [0.25, 0.3) is 0 Å². The van der Waals surface area contributed by atoms with Crippen LogP contribution < -0.4 is 10.6 Å². The topological polar surface area (TPSA) is 30.5 Å². The third-order valence-electron chi connectivity index (χ3n) is 5.56. The molecule has 0 saturated carbocycles. The van der Waals surface area contributed by atoms with E-state index in [0.29, 0.717) is 12.1 Å². The molecule has 0 spiro atoms. The van der Waals surface area contributed by atoms with Crippen LogP contribution in [0.4, 0.5) is 11.4 Å². The van der Waals surface area contributed by atoms with Gasteiger partial charge >= 0.3 is 0 Å². The smallest absolute Gasteiger partial charge is 0.0602 e. The Hall–Kier alpha value is -2.48. The highest BCUT2D eigenvalue weighted by molar-refractivity contribution is 5.44. The van der Waals surface area contributed by atoms with Crippen molar-refractivity contribution in [3.05, 3.63) is 60.7 Å². The summed E-state index contributed by atoms with van der Waals surface area (Å²) >= 11 is 0. The second-order valence-electron chi connectivity index (χ2n) is 7.82. The maximum atomic E-state index is 3.63. The maximum Gasteiger partial charge on any atom is 0.0602 e. The van der Waals surface area contributed by atoms with Gasteiger partial charge in [-0.2, -0.15) is 0 Å². The van der Waals surface area contributed by atoms with Crippen molar-refractivity contribution in [2.24, 2.45) is 0 Å². The van der Waals surface area contributed by atoms with Crippen LogP contribution in [0.15, 0.2) is 60.7 Å². The van der Waals surface area contributed by atoms with Crippen molar-refractivity contribution in [3.63, 3.8) is 0 Å². The molecular formula is C24H30N4. The molecule has 2 atom stereocenters. The van der Waals surface area contributed by atoms with Crippen molar-refractivity contribution >= 4 is 11.4 Å². The van der Waals surface area contributed by atoms with Crippen molar-refractivity contribution in [1.29, 1.82) is 0 Å². The second-order valence-corrected chi connectivity index (χ2v) is 7.82. The fraction of sp³-hybridized carbons (Fsp3) is 0.417. The Morgan fingerprint density at radius 1 is 0.679 bits per heavy atom. The van der Waals surface area contributed by atoms with Gasteiger partial charge in [-0.25, -0.2) is 0 Å². The van der Waals surface area contributed by atoms with E-state index in [-0.39, 0.29) is 0 Å². The summed E-state index contributed by atoms with van der Waals surface area (Å²) in [6.45, 7) is 6.18. The summed E-state index contributed by atoms with van der Waals surface area (Å²) in [5, 5.41) is 7.25. The van der Waals surface area contributed by atoms with Crippen LogP contribution in [-0.4, -0.2) is 61.2 Å². The summed E-state index contributed by atoms with van der Waals surface area (Å²) in [5.41, 5.74) is 2.43. The molecule has 2 aliphatic heterocycles. The van der Waals surface area contributed by atoms with Crippen LogP contribution in [0.3, 0.4) is 0 Å². The van der Waals surface area contributed by atoms with E-state index >= 15 is 0 Å². The molecule has 2 aliphatic rings. The lowest BCUT2D eigenvalue weighted by Crippen LogP contribution is -2.27. The molecule has 0 unspecified atom stereocenters. The Morgan fingerprint density at radius 2 is 1.11 bits per heavy atom. The van der Waals surface area contributed by atoms with E-state index in [1.807, 2.05) is 0 Å². The summed E-state index contributed by atoms with van der Waals surface area (Å²) in [6.07, 6.45) is 2.38. The Labute approximate surface area is 168 Å². The minimum Gasteiger partial charge on any atom is -0.381 e. The van der Waals surface area contributed by atoms with Crippen molar-refractivity contribution in [2.75, 3.05) is 49.9 Å². The molecule has 4 heteroatoms. The molecule has 28 heavy (non-hydrogen) atoms. The fourth-order valence-electron chi connectivity index (χ4n) is 4.06. The molecule has 0 bridgehead atoms. The van der Waals surface area contributed by atoms with Gasteiger partial charge in [-0.05, 0) is 37.1 Å². The lowest BCUT2D eigenvalue weighted by Gasteiger charge is -2.16. The van der Waals surface area contributed by atoms with Gasteiger partial charge in [-0.15, -0.1) is 0 Å². The molecule has 2 saturated heterocycles. The van der Waals surface area contributed by atoms with Crippen molar-refractivity contribution in [2.45, 2.75) is 24.9 Å². The summed E-state index contributed by atoms with van der Waals surface area (Å²) in [7, 11) is 0. The number of rotatable bonds is 6. The summed E-state index contributed by atoms with van der Waals surface area (Å²) in [4.78, 5) is 4.91. The number of likely N-dealkylation sites (tertiary alicyclic amines) is 2. The lowest BCUT2D eigenvalue weighted by molar-refractivity contribution is 0.373. The SMILES string of the molecule is C(#CCN1CC[C@H](Nc2ccccc2)C1)CN1CC[C@H](Nc2ccccc2)C1. The zero-order valence-corrected chi connectivity index (χ0v) is 16.5. The van der Waals surface area contributed by atoms with Gasteiger partial charge in [0.05, 0.1) is 13.1 Å². The number of nitrogens with zero attached hydrogens (tertiary/aromatic N) is 2. The molecule has 2 fully saturated rings. The van der Waals surface area contributed by atoms with Gasteiger partial charge in [0.1, 0.15) is 0 Å². The number of hydrogen-bond donors (Lipinski definition) is 2. The Bertz CT molecular complexity index is 715. The van der Waals surface area contributed by atoms with Gasteiger partial charge in [-0.3, -0.25) is 9.80 Å². The molecule has 2 N–H and O–H groups in total. The van der Waals surface area contributed by atoms with Gasteiger partial charge in [0.2, 0.25) is 0 Å². The highest BCUT2D eigenvalue weighted by Gasteiger charge is 2.22. The third kappa shape index (κ3) is 5.51. The van der Waals surface area contributed by atoms with E-state index in [2.05, 4.69) is 92.9 Å². The molecule has 146 valence electrons. The van der Waals surface area contributed by atoms with Crippen LogP contribution in [0.2, 0.25) is 0 Å². The van der Waals surface area contributed by atoms with Crippen LogP contribution in [0.1, 0.15) is 12.8 Å². The summed E-state index contributed by atoms with van der Waals surface area (Å²) in [5.74, 6) is 6.78. The molecule has 2 aromatic carbocycles. The van der Waals surface area contributed by atoms with E-state index in [9.17, 15) is 0 Å². The first-order chi connectivity index (χ1) is 13.8. The predicted molar refractivity (Wildman–Crippen MR) is 118 cm³/mol. The molecule has 0 aliphatic carbocycles. The van der Waals surface area contributed by atoms with E-state index in [1.54, 1.807) is 0 Å². The van der Waals surface area contributed by atoms with Crippen molar-refractivity contribution < 1.29 is 0 Å². The van der Waals surface area contributed by atoms with E-state index in [1.165, 1.54) is 24.2 Å². The fourth-order valence-corrected chi connectivity index (χ4v) is 4.06. The lowest BCUT2D eigenvalue weighted by atomic mass is 10.2. The van der Waals surface area contributed by atoms with Crippen molar-refractivity contribution in [1.82, 2.24) is 9.80 Å². The van der Waals surface area contributed by atoms with Crippen LogP contribution in [-0.2, 0) is 0 Å². The average molecular weight is 375 g/mol. The maximum absolute atomic E-state index is 3.63. The van der Waals surface area contributed by atoms with Gasteiger partial charge in [0, 0.05) is 49.6 Å². The largest absolute Gasteiger partial charge is 0.381 e. The minimum atomic E-state index is 0.535. The quantitative estimate of drug-likeness (QED) is 0.759. The molecule has 4 nitrogen and oxygen atoms in total. The van der Waals surface area contributed by atoms with Crippen LogP contribution in [0.25, 0.3) is 0 Å². The van der Waals surface area contributed by atoms with Gasteiger partial charge in [0.15, 0.2) is 0 Å². The highest BCUT2D eigenvalue weighted by Crippen LogP contribution is 2.16. The molecule has 0 amide bonds. The Kier molecular flexibility index (Phi) is 6.49. The van der Waals surface area contributed by atoms with E-state index in [0.717, 1.165) is 39.3 Å². The zero-order chi connectivity index (χ0) is 19.0. The summed E-state index contributed by atoms with van der Waals surface area (Å²) < 4.78 is 0. The number of benzene rings is 2. The first-order valence-corrected chi connectivity index (χ1v) is 10.4. The van der Waals surface area contributed by atoms with Gasteiger partial charge < -0.3 is 10.6 Å². The Morgan fingerprint density at radius 3 is 1.54 bits per heavy atom. The molecule has 4 rings (SSSR count). The van der Waals surface area contributed by atoms with Crippen LogP contribution >= 0.6 is 0 Å². The monoisotopic (exact) mass is 374 g/mol. The molecule has 0 radical (unpaired) electrons. The molecule has 2 heterocycles. The highest BCUT2D eigenvalue weighted by atomic mass is 15.2. The standard InChI is InChI=1S/C24H30N4/c1-3-9-21(10-4-1)25-23-13-17-27(19-23)15-7-8-16-28-18-14-24(20-28)26-22-11-5-2-6-12-22/h1-6,9-12,23-26H,13-20H2/t23-,24-/m0/s1. The van der Waals surface area contributed by atoms with E-state index in [4.69, 9.17) is 0 Å². The molecule has 0 aromatic heterocycles. The number of para-hydroxylation sites is 2. The summed E-state index contributed by atoms with van der Waals surface area (Å²) in [6, 6.07) is 22.1. The first-order valence-electron chi connectivity index (χ1n) is 10.4.